The van der Waals surface area contributed by atoms with Gasteiger partial charge in [-0.05, 0) is 31.1 Å². The van der Waals surface area contributed by atoms with Crippen LogP contribution in [0.3, 0.4) is 0 Å². The van der Waals surface area contributed by atoms with Gasteiger partial charge in [-0.25, -0.2) is 6.57 Å². The fourth-order valence-electron chi connectivity index (χ4n) is 4.31. The van der Waals surface area contributed by atoms with E-state index in [4.69, 9.17) is 16.0 Å². The first kappa shape index (κ1) is 13.4. The lowest BCUT2D eigenvalue weighted by atomic mass is 9.70. The Morgan fingerprint density at radius 3 is 2.84 bits per heavy atom. The Kier molecular flexibility index (Phi) is 3.35. The summed E-state index contributed by atoms with van der Waals surface area (Å²) in [4.78, 5) is 3.61. The predicted molar refractivity (Wildman–Crippen MR) is 73.7 cm³/mol. The van der Waals surface area contributed by atoms with Gasteiger partial charge in [0.25, 0.3) is 0 Å². The zero-order chi connectivity index (χ0) is 13.6. The van der Waals surface area contributed by atoms with Crippen LogP contribution in [-0.4, -0.2) is 30.0 Å². The number of hydrogen-bond acceptors (Lipinski definition) is 2. The second kappa shape index (κ2) is 4.75. The monoisotopic (exact) mass is 263 g/mol. The van der Waals surface area contributed by atoms with Crippen LogP contribution in [0.25, 0.3) is 4.85 Å². The van der Waals surface area contributed by atoms with Crippen LogP contribution in [0.15, 0.2) is 0 Å². The van der Waals surface area contributed by atoms with Gasteiger partial charge in [0.1, 0.15) is 0 Å². The van der Waals surface area contributed by atoms with Gasteiger partial charge in [0.15, 0.2) is 0 Å². The van der Waals surface area contributed by atoms with Crippen LogP contribution in [0, 0.1) is 18.4 Å². The second-order valence-electron chi connectivity index (χ2n) is 7.00. The summed E-state index contributed by atoms with van der Waals surface area (Å²) < 4.78 is 12.7. The third-order valence-corrected chi connectivity index (χ3v) is 5.60. The highest BCUT2D eigenvalue weighted by Gasteiger charge is 2.58. The smallest absolute Gasteiger partial charge is 0.223 e. The van der Waals surface area contributed by atoms with Gasteiger partial charge in [-0.2, -0.15) is 0 Å². The van der Waals surface area contributed by atoms with Gasteiger partial charge in [0, 0.05) is 19.8 Å². The first-order valence-electron chi connectivity index (χ1n) is 7.74. The maximum Gasteiger partial charge on any atom is 0.223 e. The Labute approximate surface area is 116 Å². The van der Waals surface area contributed by atoms with Crippen molar-refractivity contribution in [1.82, 2.24) is 0 Å². The molecule has 3 rings (SSSR count). The molecule has 106 valence electrons. The molecule has 1 aliphatic carbocycles. The molecule has 0 N–H and O–H groups in total. The third kappa shape index (κ3) is 2.19. The van der Waals surface area contributed by atoms with E-state index >= 15 is 0 Å². The van der Waals surface area contributed by atoms with Gasteiger partial charge in [-0.1, -0.05) is 13.8 Å². The average molecular weight is 263 g/mol. The summed E-state index contributed by atoms with van der Waals surface area (Å²) in [5.74, 6) is 1.33. The normalized spacial score (nSPS) is 50.3. The van der Waals surface area contributed by atoms with Crippen molar-refractivity contribution in [2.24, 2.45) is 11.8 Å². The van der Waals surface area contributed by atoms with Crippen LogP contribution in [-0.2, 0) is 9.47 Å². The van der Waals surface area contributed by atoms with Crippen molar-refractivity contribution in [2.45, 2.75) is 82.8 Å². The van der Waals surface area contributed by atoms with E-state index in [1.165, 1.54) is 0 Å². The molecule has 3 nitrogen and oxygen atoms in total. The number of rotatable bonds is 2. The molecule has 0 radical (unpaired) electrons. The quantitative estimate of drug-likeness (QED) is 0.712. The molecule has 7 atom stereocenters. The lowest BCUT2D eigenvalue weighted by Gasteiger charge is -2.45. The van der Waals surface area contributed by atoms with E-state index in [0.29, 0.717) is 24.0 Å². The van der Waals surface area contributed by atoms with Crippen molar-refractivity contribution < 1.29 is 9.47 Å². The molecular formula is C16H25NO2. The highest BCUT2D eigenvalue weighted by Crippen LogP contribution is 2.53. The van der Waals surface area contributed by atoms with Gasteiger partial charge in [-0.3, -0.25) is 0 Å². The van der Waals surface area contributed by atoms with E-state index in [2.05, 4.69) is 18.7 Å². The van der Waals surface area contributed by atoms with Crippen molar-refractivity contribution in [1.29, 1.82) is 0 Å². The topological polar surface area (TPSA) is 22.8 Å². The minimum Gasteiger partial charge on any atom is -0.372 e. The molecule has 0 aromatic heterocycles. The predicted octanol–water partition coefficient (Wildman–Crippen LogP) is 3.44. The number of hydrogen-bond donors (Lipinski definition) is 0. The summed E-state index contributed by atoms with van der Waals surface area (Å²) in [6.45, 7) is 13.8. The summed E-state index contributed by atoms with van der Waals surface area (Å²) in [6.07, 6.45) is 6.24. The minimum atomic E-state index is -0.0265. The van der Waals surface area contributed by atoms with Gasteiger partial charge >= 0.3 is 0 Å². The lowest BCUT2D eigenvalue weighted by molar-refractivity contribution is -0.170. The largest absolute Gasteiger partial charge is 0.372 e. The Morgan fingerprint density at radius 2 is 2.11 bits per heavy atom. The van der Waals surface area contributed by atoms with Crippen molar-refractivity contribution in [3.63, 3.8) is 0 Å². The van der Waals surface area contributed by atoms with Crippen molar-refractivity contribution in [3.05, 3.63) is 11.4 Å². The van der Waals surface area contributed by atoms with E-state index in [1.807, 2.05) is 6.92 Å². The molecule has 0 aromatic rings. The van der Waals surface area contributed by atoms with Gasteiger partial charge in [0.2, 0.25) is 6.04 Å². The first-order valence-corrected chi connectivity index (χ1v) is 7.74. The van der Waals surface area contributed by atoms with Crippen LogP contribution >= 0.6 is 0 Å². The molecule has 0 aromatic carbocycles. The second-order valence-corrected chi connectivity index (χ2v) is 7.00. The van der Waals surface area contributed by atoms with Crippen LogP contribution in [0.2, 0.25) is 0 Å². The molecule has 3 heteroatoms. The lowest BCUT2D eigenvalue weighted by Crippen LogP contribution is -2.51. The molecule has 2 bridgehead atoms. The van der Waals surface area contributed by atoms with Crippen LogP contribution in [0.1, 0.15) is 52.9 Å². The molecular weight excluding hydrogens is 238 g/mol. The fraction of sp³-hybridized carbons (Fsp3) is 0.938. The Balaban J connectivity index is 1.73. The molecule has 2 saturated heterocycles. The molecule has 2 aliphatic heterocycles. The van der Waals surface area contributed by atoms with Crippen molar-refractivity contribution in [3.8, 4) is 0 Å². The highest BCUT2D eigenvalue weighted by atomic mass is 16.6. The maximum atomic E-state index is 7.11. The molecule has 3 aliphatic rings. The SMILES string of the molecule is [C-]#[N+][C@H](C)CC1CC[C@@H]2O[C@@H]3C[C@]2(C[C@@H](C)[C@H]3C)O1. The van der Waals surface area contributed by atoms with Crippen molar-refractivity contribution in [2.75, 3.05) is 0 Å². The zero-order valence-electron chi connectivity index (χ0n) is 12.3. The van der Waals surface area contributed by atoms with E-state index in [1.54, 1.807) is 0 Å². The molecule has 1 saturated carbocycles. The molecule has 19 heavy (non-hydrogen) atoms. The summed E-state index contributed by atoms with van der Waals surface area (Å²) >= 11 is 0. The maximum absolute atomic E-state index is 7.11. The third-order valence-electron chi connectivity index (χ3n) is 5.60. The molecule has 1 spiro atoms. The zero-order valence-corrected chi connectivity index (χ0v) is 12.3. The van der Waals surface area contributed by atoms with E-state index < -0.39 is 0 Å². The van der Waals surface area contributed by atoms with Gasteiger partial charge in [0.05, 0.1) is 23.9 Å². The van der Waals surface area contributed by atoms with E-state index in [9.17, 15) is 0 Å². The van der Waals surface area contributed by atoms with E-state index in [0.717, 1.165) is 32.1 Å². The summed E-state index contributed by atoms with van der Waals surface area (Å²) in [6, 6.07) is 0.0796. The molecule has 2 heterocycles. The first-order chi connectivity index (χ1) is 9.04. The van der Waals surface area contributed by atoms with E-state index in [-0.39, 0.29) is 17.7 Å². The Bertz CT molecular complexity index is 391. The number of nitrogens with zero attached hydrogens (tertiary/aromatic N) is 1. The standard InChI is InChI=1S/C16H25NO2/c1-10-8-16-9-14(12(10)3)18-15(16)6-5-13(19-16)7-11(2)17-4/h10-15H,5-9H2,1-3H3/t10-,11-,12-,13?,14-,15+,16+/m1/s1. The average Bonchev–Trinajstić information content (AvgIpc) is 2.70. The number of fused-ring (bicyclic) bond motifs is 1. The Hall–Kier alpha value is -0.590. The summed E-state index contributed by atoms with van der Waals surface area (Å²) in [7, 11) is 0. The summed E-state index contributed by atoms with van der Waals surface area (Å²) in [5, 5.41) is 0. The van der Waals surface area contributed by atoms with Gasteiger partial charge in [-0.15, -0.1) is 0 Å². The molecule has 1 unspecified atom stereocenters. The Morgan fingerprint density at radius 1 is 1.32 bits per heavy atom. The van der Waals surface area contributed by atoms with Gasteiger partial charge < -0.3 is 14.3 Å². The van der Waals surface area contributed by atoms with Crippen molar-refractivity contribution >= 4 is 0 Å². The van der Waals surface area contributed by atoms with Crippen LogP contribution < -0.4 is 0 Å². The highest BCUT2D eigenvalue weighted by molar-refractivity contribution is 5.07. The fourth-order valence-corrected chi connectivity index (χ4v) is 4.31. The van der Waals surface area contributed by atoms with Crippen LogP contribution in [0.4, 0.5) is 0 Å². The number of ether oxygens (including phenoxy) is 2. The van der Waals surface area contributed by atoms with Crippen LogP contribution in [0.5, 0.6) is 0 Å². The molecule has 3 fully saturated rings. The minimum absolute atomic E-state index is 0.0265. The molecule has 0 amide bonds. The summed E-state index contributed by atoms with van der Waals surface area (Å²) in [5.41, 5.74) is -0.0265.